The second-order valence-electron chi connectivity index (χ2n) is 4.05. The number of anilines is 1. The summed E-state index contributed by atoms with van der Waals surface area (Å²) < 4.78 is 16.4. The number of fused-ring (bicyclic) bond motifs is 1. The number of nitrogens with zero attached hydrogens (tertiary/aromatic N) is 4. The number of hydrogen-bond donors (Lipinski definition) is 4. The van der Waals surface area contributed by atoms with E-state index in [4.69, 9.17) is 25.1 Å². The van der Waals surface area contributed by atoms with Crippen LogP contribution in [0.2, 0.25) is 0 Å². The molecule has 2 heterocycles. The van der Waals surface area contributed by atoms with Gasteiger partial charge in [-0.1, -0.05) is 0 Å². The van der Waals surface area contributed by atoms with Crippen molar-refractivity contribution in [2.24, 2.45) is 0 Å². The number of rotatable bonds is 7. The molecule has 0 aliphatic heterocycles. The standard InChI is InChI=1S/C9H14N5O6P/c10-8-7-9(12-3-11-8)14(4-13-7)20-6(15)1-2-19-5-21(16,17)18/h3-4,6,15H,1-2,5H2,(H2,10,11,12)(H2,16,17,18). The highest BCUT2D eigenvalue weighted by Gasteiger charge is 2.15. The Morgan fingerprint density at radius 3 is 2.86 bits per heavy atom. The molecule has 0 aliphatic rings. The summed E-state index contributed by atoms with van der Waals surface area (Å²) in [6.45, 7) is -0.0873. The van der Waals surface area contributed by atoms with Crippen molar-refractivity contribution in [2.75, 3.05) is 18.7 Å². The molecule has 0 radical (unpaired) electrons. The van der Waals surface area contributed by atoms with E-state index < -0.39 is 20.2 Å². The summed E-state index contributed by atoms with van der Waals surface area (Å²) >= 11 is 0. The van der Waals surface area contributed by atoms with Crippen LogP contribution in [0.1, 0.15) is 6.42 Å². The first-order valence-corrected chi connectivity index (χ1v) is 7.57. The lowest BCUT2D eigenvalue weighted by atomic mass is 10.4. The van der Waals surface area contributed by atoms with Gasteiger partial charge in [-0.05, 0) is 0 Å². The van der Waals surface area contributed by atoms with E-state index in [0.29, 0.717) is 5.52 Å². The molecule has 5 N–H and O–H groups in total. The molecule has 0 spiro atoms. The molecule has 0 bridgehead atoms. The molecular weight excluding hydrogens is 305 g/mol. The summed E-state index contributed by atoms with van der Waals surface area (Å²) in [4.78, 5) is 33.9. The van der Waals surface area contributed by atoms with Crippen LogP contribution in [-0.4, -0.2) is 53.8 Å². The van der Waals surface area contributed by atoms with Crippen LogP contribution in [0.25, 0.3) is 11.2 Å². The molecule has 0 aromatic carbocycles. The summed E-state index contributed by atoms with van der Waals surface area (Å²) in [6.07, 6.45) is 0.525. The van der Waals surface area contributed by atoms with Gasteiger partial charge >= 0.3 is 7.60 Å². The number of imidazole rings is 1. The zero-order chi connectivity index (χ0) is 15.5. The monoisotopic (exact) mass is 319 g/mol. The summed E-state index contributed by atoms with van der Waals surface area (Å²) in [5.74, 6) is 0.182. The van der Waals surface area contributed by atoms with Crippen molar-refractivity contribution < 1.29 is 29.0 Å². The molecule has 12 heteroatoms. The van der Waals surface area contributed by atoms with Gasteiger partial charge < -0.3 is 30.2 Å². The number of aliphatic hydroxyl groups excluding tert-OH is 1. The number of nitrogen functional groups attached to an aromatic ring is 1. The van der Waals surface area contributed by atoms with Crippen LogP contribution < -0.4 is 10.6 Å². The molecule has 0 saturated carbocycles. The third-order valence-electron chi connectivity index (χ3n) is 2.34. The largest absolute Gasteiger partial charge is 0.382 e. The van der Waals surface area contributed by atoms with Crippen molar-refractivity contribution in [3.05, 3.63) is 12.7 Å². The first kappa shape index (κ1) is 15.6. The third kappa shape index (κ3) is 4.34. The Kier molecular flexibility index (Phi) is 4.70. The number of aromatic nitrogens is 4. The van der Waals surface area contributed by atoms with Crippen molar-refractivity contribution in [3.63, 3.8) is 0 Å². The number of hydrogen-bond acceptors (Lipinski definition) is 8. The van der Waals surface area contributed by atoms with Crippen LogP contribution in [-0.2, 0) is 9.30 Å². The third-order valence-corrected chi connectivity index (χ3v) is 2.85. The second kappa shape index (κ2) is 6.33. The maximum Gasteiger partial charge on any atom is 0.350 e. The molecule has 1 atom stereocenters. The molecule has 0 aliphatic carbocycles. The second-order valence-corrected chi connectivity index (χ2v) is 5.64. The minimum Gasteiger partial charge on any atom is -0.382 e. The lowest BCUT2D eigenvalue weighted by Gasteiger charge is -2.13. The molecule has 116 valence electrons. The lowest BCUT2D eigenvalue weighted by Crippen LogP contribution is -2.26. The average molecular weight is 319 g/mol. The Hall–Kier alpha value is -1.78. The normalized spacial score (nSPS) is 13.5. The van der Waals surface area contributed by atoms with Gasteiger partial charge in [-0.15, -0.1) is 4.73 Å². The fraction of sp³-hybridized carbons (Fsp3) is 0.444. The van der Waals surface area contributed by atoms with Crippen LogP contribution in [0, 0.1) is 0 Å². The van der Waals surface area contributed by atoms with Crippen LogP contribution in [0.5, 0.6) is 0 Å². The molecule has 2 rings (SSSR count). The van der Waals surface area contributed by atoms with Crippen LogP contribution in [0.3, 0.4) is 0 Å². The van der Waals surface area contributed by atoms with Gasteiger partial charge in [0, 0.05) is 6.42 Å². The van der Waals surface area contributed by atoms with E-state index in [1.54, 1.807) is 0 Å². The van der Waals surface area contributed by atoms with E-state index >= 15 is 0 Å². The highest BCUT2D eigenvalue weighted by atomic mass is 31.2. The zero-order valence-electron chi connectivity index (χ0n) is 10.7. The SMILES string of the molecule is Nc1ncnc2c1ncn2OC(O)CCOCP(=O)(O)O. The highest BCUT2D eigenvalue weighted by molar-refractivity contribution is 7.51. The van der Waals surface area contributed by atoms with Crippen molar-refractivity contribution >= 4 is 24.6 Å². The van der Waals surface area contributed by atoms with Gasteiger partial charge in [0.25, 0.3) is 0 Å². The molecule has 11 nitrogen and oxygen atoms in total. The molecule has 0 saturated heterocycles. The zero-order valence-corrected chi connectivity index (χ0v) is 11.6. The fourth-order valence-corrected chi connectivity index (χ4v) is 1.83. The van der Waals surface area contributed by atoms with Gasteiger partial charge in [0.15, 0.2) is 11.3 Å². The average Bonchev–Trinajstić information content (AvgIpc) is 2.79. The van der Waals surface area contributed by atoms with Crippen molar-refractivity contribution in [1.29, 1.82) is 0 Å². The number of aliphatic hydroxyl groups is 1. The minimum atomic E-state index is -4.21. The van der Waals surface area contributed by atoms with Gasteiger partial charge in [0.05, 0.1) is 6.61 Å². The highest BCUT2D eigenvalue weighted by Crippen LogP contribution is 2.33. The van der Waals surface area contributed by atoms with Crippen molar-refractivity contribution in [2.45, 2.75) is 12.7 Å². The van der Waals surface area contributed by atoms with E-state index in [1.807, 2.05) is 0 Å². The molecule has 2 aromatic heterocycles. The number of nitrogens with two attached hydrogens (primary N) is 1. The minimum absolute atomic E-state index is 0.000237. The Morgan fingerprint density at radius 2 is 2.14 bits per heavy atom. The topological polar surface area (TPSA) is 166 Å². The molecular formula is C9H14N5O6P. The fourth-order valence-electron chi connectivity index (χ4n) is 1.46. The quantitative estimate of drug-likeness (QED) is 0.273. The Balaban J connectivity index is 1.88. The Morgan fingerprint density at radius 1 is 1.38 bits per heavy atom. The smallest absolute Gasteiger partial charge is 0.350 e. The van der Waals surface area contributed by atoms with E-state index in [0.717, 1.165) is 4.73 Å². The van der Waals surface area contributed by atoms with Crippen molar-refractivity contribution in [1.82, 2.24) is 19.7 Å². The van der Waals surface area contributed by atoms with E-state index in [2.05, 4.69) is 15.0 Å². The maximum atomic E-state index is 10.5. The van der Waals surface area contributed by atoms with Crippen LogP contribution >= 0.6 is 7.60 Å². The van der Waals surface area contributed by atoms with Gasteiger partial charge in [-0.3, -0.25) is 4.57 Å². The summed E-state index contributed by atoms with van der Waals surface area (Å²) in [5, 5.41) is 9.66. The Bertz CT molecular complexity index is 657. The molecule has 21 heavy (non-hydrogen) atoms. The van der Waals surface area contributed by atoms with Crippen LogP contribution in [0.15, 0.2) is 12.7 Å². The lowest BCUT2D eigenvalue weighted by molar-refractivity contribution is -0.113. The molecule has 0 fully saturated rings. The molecule has 0 amide bonds. The predicted octanol–water partition coefficient (Wildman–Crippen LogP) is -1.30. The van der Waals surface area contributed by atoms with Crippen LogP contribution in [0.4, 0.5) is 5.82 Å². The number of ether oxygens (including phenoxy) is 1. The van der Waals surface area contributed by atoms with Gasteiger partial charge in [0.2, 0.25) is 11.9 Å². The van der Waals surface area contributed by atoms with Gasteiger partial charge in [-0.25, -0.2) is 15.0 Å². The predicted molar refractivity (Wildman–Crippen MR) is 69.8 cm³/mol. The maximum absolute atomic E-state index is 10.5. The summed E-state index contributed by atoms with van der Waals surface area (Å²) in [7, 11) is -4.21. The first-order chi connectivity index (χ1) is 9.87. The van der Waals surface area contributed by atoms with Crippen molar-refractivity contribution in [3.8, 4) is 0 Å². The van der Waals surface area contributed by atoms with Gasteiger partial charge in [0.1, 0.15) is 19.0 Å². The first-order valence-electron chi connectivity index (χ1n) is 5.78. The van der Waals surface area contributed by atoms with E-state index in [9.17, 15) is 9.67 Å². The molecule has 2 aromatic rings. The van der Waals surface area contributed by atoms with E-state index in [1.165, 1.54) is 12.7 Å². The summed E-state index contributed by atoms with van der Waals surface area (Å²) in [5.41, 5.74) is 6.23. The van der Waals surface area contributed by atoms with Gasteiger partial charge in [-0.2, -0.15) is 0 Å². The summed E-state index contributed by atoms with van der Waals surface area (Å²) in [6, 6.07) is 0. The molecule has 1 unspecified atom stereocenters. The Labute approximate surface area is 118 Å². The van der Waals surface area contributed by atoms with E-state index in [-0.39, 0.29) is 24.5 Å².